The van der Waals surface area contributed by atoms with Crippen molar-refractivity contribution in [1.82, 2.24) is 4.72 Å². The zero-order valence-electron chi connectivity index (χ0n) is 10.9. The maximum atomic E-state index is 11.6. The minimum Gasteiger partial charge on any atom is -0.454 e. The summed E-state index contributed by atoms with van der Waals surface area (Å²) in [5, 5.41) is 9.84. The second kappa shape index (κ2) is 5.23. The molecule has 3 rings (SSSR count). The molecular weight excluding hydrogens is 282 g/mol. The summed E-state index contributed by atoms with van der Waals surface area (Å²) < 4.78 is 36.2. The predicted molar refractivity (Wildman–Crippen MR) is 72.1 cm³/mol. The van der Waals surface area contributed by atoms with Crippen LogP contribution in [0.5, 0.6) is 11.5 Å². The van der Waals surface area contributed by atoms with Gasteiger partial charge in [0.05, 0.1) is 11.4 Å². The first-order valence-electron chi connectivity index (χ1n) is 6.62. The molecule has 110 valence electrons. The molecule has 1 aliphatic heterocycles. The number of rotatable bonds is 6. The van der Waals surface area contributed by atoms with Crippen molar-refractivity contribution in [2.75, 3.05) is 13.3 Å². The summed E-state index contributed by atoms with van der Waals surface area (Å²) in [6.07, 6.45) is 1.07. The minimum absolute atomic E-state index is 0.191. The summed E-state index contributed by atoms with van der Waals surface area (Å²) in [6, 6.07) is 5.23. The average Bonchev–Trinajstić information content (AvgIpc) is 3.17. The van der Waals surface area contributed by atoms with Gasteiger partial charge in [0.25, 0.3) is 0 Å². The molecule has 1 saturated carbocycles. The van der Waals surface area contributed by atoms with Gasteiger partial charge in [-0.15, -0.1) is 0 Å². The lowest BCUT2D eigenvalue weighted by Crippen LogP contribution is -2.29. The van der Waals surface area contributed by atoms with E-state index in [1.165, 1.54) is 0 Å². The van der Waals surface area contributed by atoms with Crippen LogP contribution in [0, 0.1) is 0 Å². The molecule has 0 spiro atoms. The first kappa shape index (κ1) is 13.7. The predicted octanol–water partition coefficient (Wildman–Crippen LogP) is 0.921. The quantitative estimate of drug-likeness (QED) is 0.816. The largest absolute Gasteiger partial charge is 0.454 e. The van der Waals surface area contributed by atoms with Crippen LogP contribution in [0.4, 0.5) is 0 Å². The van der Waals surface area contributed by atoms with E-state index in [4.69, 9.17) is 9.47 Å². The molecule has 1 atom stereocenters. The summed E-state index contributed by atoms with van der Waals surface area (Å²) >= 11 is 0. The fourth-order valence-corrected chi connectivity index (χ4v) is 3.52. The Kier molecular flexibility index (Phi) is 3.57. The number of nitrogens with one attached hydrogen (secondary N) is 1. The Labute approximate surface area is 117 Å². The first-order valence-corrected chi connectivity index (χ1v) is 8.17. The number of fused-ring (bicyclic) bond motifs is 1. The van der Waals surface area contributed by atoms with Gasteiger partial charge in [0.1, 0.15) is 0 Å². The second-order valence-corrected chi connectivity index (χ2v) is 7.10. The van der Waals surface area contributed by atoms with Crippen LogP contribution in [0.25, 0.3) is 0 Å². The Hall–Kier alpha value is -1.31. The molecular formula is C13H17NO5S. The van der Waals surface area contributed by atoms with E-state index in [-0.39, 0.29) is 18.6 Å². The fourth-order valence-electron chi connectivity index (χ4n) is 2.12. The van der Waals surface area contributed by atoms with E-state index in [1.54, 1.807) is 18.2 Å². The van der Waals surface area contributed by atoms with Gasteiger partial charge < -0.3 is 14.6 Å². The van der Waals surface area contributed by atoms with E-state index in [0.717, 1.165) is 12.8 Å². The highest BCUT2D eigenvalue weighted by atomic mass is 32.2. The molecule has 0 radical (unpaired) electrons. The molecule has 2 aliphatic rings. The maximum absolute atomic E-state index is 11.6. The van der Waals surface area contributed by atoms with Gasteiger partial charge in [0.2, 0.25) is 16.8 Å². The number of sulfonamides is 1. The SMILES string of the molecule is O=S(=O)(NCC[C@@H](O)c1ccc2c(c1)OCO2)C1CC1. The van der Waals surface area contributed by atoms with E-state index in [2.05, 4.69) is 4.72 Å². The summed E-state index contributed by atoms with van der Waals surface area (Å²) in [5.74, 6) is 1.27. The summed E-state index contributed by atoms with van der Waals surface area (Å²) in [5.41, 5.74) is 0.694. The highest BCUT2D eigenvalue weighted by Crippen LogP contribution is 2.34. The molecule has 1 aromatic rings. The van der Waals surface area contributed by atoms with Gasteiger partial charge in [-0.3, -0.25) is 0 Å². The number of aliphatic hydroxyl groups is 1. The van der Waals surface area contributed by atoms with E-state index in [0.29, 0.717) is 23.5 Å². The Bertz CT molecular complexity index is 597. The third kappa shape index (κ3) is 2.89. The van der Waals surface area contributed by atoms with Gasteiger partial charge in [-0.2, -0.15) is 0 Å². The van der Waals surface area contributed by atoms with Crippen LogP contribution in [0.1, 0.15) is 30.9 Å². The van der Waals surface area contributed by atoms with E-state index < -0.39 is 16.1 Å². The summed E-state index contributed by atoms with van der Waals surface area (Å²) in [7, 11) is -3.18. The van der Waals surface area contributed by atoms with Crippen molar-refractivity contribution >= 4 is 10.0 Å². The molecule has 20 heavy (non-hydrogen) atoms. The lowest BCUT2D eigenvalue weighted by atomic mass is 10.1. The number of benzene rings is 1. The van der Waals surface area contributed by atoms with Crippen LogP contribution in [0.15, 0.2) is 18.2 Å². The van der Waals surface area contributed by atoms with Gasteiger partial charge in [0, 0.05) is 6.54 Å². The van der Waals surface area contributed by atoms with Crippen molar-refractivity contribution in [1.29, 1.82) is 0 Å². The highest BCUT2D eigenvalue weighted by molar-refractivity contribution is 7.90. The van der Waals surface area contributed by atoms with Crippen LogP contribution in [0.3, 0.4) is 0 Å². The molecule has 7 heteroatoms. The summed E-state index contributed by atoms with van der Waals surface area (Å²) in [6.45, 7) is 0.421. The van der Waals surface area contributed by atoms with Crippen molar-refractivity contribution in [3.05, 3.63) is 23.8 Å². The Balaban J connectivity index is 1.55. The molecule has 1 aliphatic carbocycles. The van der Waals surface area contributed by atoms with Crippen LogP contribution < -0.4 is 14.2 Å². The van der Waals surface area contributed by atoms with E-state index >= 15 is 0 Å². The standard InChI is InChI=1S/C13H17NO5S/c15-11(5-6-14-20(16,17)10-2-3-10)9-1-4-12-13(7-9)19-8-18-12/h1,4,7,10-11,14-15H,2-3,5-6,8H2/t11-/m1/s1. The third-order valence-corrected chi connectivity index (χ3v) is 5.42. The smallest absolute Gasteiger partial charge is 0.231 e. The van der Waals surface area contributed by atoms with Gasteiger partial charge in [-0.1, -0.05) is 6.07 Å². The lowest BCUT2D eigenvalue weighted by Gasteiger charge is -2.12. The molecule has 1 aromatic carbocycles. The first-order chi connectivity index (χ1) is 9.56. The summed E-state index contributed by atoms with van der Waals surface area (Å²) in [4.78, 5) is 0. The number of hydrogen-bond donors (Lipinski definition) is 2. The topological polar surface area (TPSA) is 84.9 Å². The Morgan fingerprint density at radius 3 is 2.80 bits per heavy atom. The number of aliphatic hydroxyl groups excluding tert-OH is 1. The van der Waals surface area contributed by atoms with Gasteiger partial charge in [-0.05, 0) is 37.0 Å². The van der Waals surface area contributed by atoms with Crippen molar-refractivity contribution in [3.63, 3.8) is 0 Å². The minimum atomic E-state index is -3.18. The average molecular weight is 299 g/mol. The molecule has 0 bridgehead atoms. The maximum Gasteiger partial charge on any atom is 0.231 e. The second-order valence-electron chi connectivity index (χ2n) is 5.06. The van der Waals surface area contributed by atoms with E-state index in [1.807, 2.05) is 0 Å². The Morgan fingerprint density at radius 2 is 2.05 bits per heavy atom. The van der Waals surface area contributed by atoms with Crippen LogP contribution in [-0.2, 0) is 10.0 Å². The number of hydrogen-bond acceptors (Lipinski definition) is 5. The molecule has 1 heterocycles. The molecule has 2 N–H and O–H groups in total. The Morgan fingerprint density at radius 1 is 1.30 bits per heavy atom. The molecule has 0 saturated heterocycles. The molecule has 6 nitrogen and oxygen atoms in total. The lowest BCUT2D eigenvalue weighted by molar-refractivity contribution is 0.166. The zero-order chi connectivity index (χ0) is 14.2. The zero-order valence-corrected chi connectivity index (χ0v) is 11.7. The van der Waals surface area contributed by atoms with E-state index in [9.17, 15) is 13.5 Å². The van der Waals surface area contributed by atoms with Gasteiger partial charge in [0.15, 0.2) is 11.5 Å². The van der Waals surface area contributed by atoms with Crippen molar-refractivity contribution in [2.45, 2.75) is 30.6 Å². The normalized spacial score (nSPS) is 19.1. The number of ether oxygens (including phenoxy) is 2. The van der Waals surface area contributed by atoms with Gasteiger partial charge in [-0.25, -0.2) is 13.1 Å². The van der Waals surface area contributed by atoms with Crippen molar-refractivity contribution in [3.8, 4) is 11.5 Å². The van der Waals surface area contributed by atoms with Crippen LogP contribution >= 0.6 is 0 Å². The van der Waals surface area contributed by atoms with Crippen molar-refractivity contribution < 1.29 is 23.0 Å². The van der Waals surface area contributed by atoms with Crippen LogP contribution in [-0.4, -0.2) is 32.1 Å². The molecule has 0 aromatic heterocycles. The van der Waals surface area contributed by atoms with Crippen LogP contribution in [0.2, 0.25) is 0 Å². The molecule has 1 fully saturated rings. The van der Waals surface area contributed by atoms with Crippen molar-refractivity contribution in [2.24, 2.45) is 0 Å². The fraction of sp³-hybridized carbons (Fsp3) is 0.538. The monoisotopic (exact) mass is 299 g/mol. The molecule has 0 amide bonds. The molecule has 0 unspecified atom stereocenters. The van der Waals surface area contributed by atoms with Gasteiger partial charge >= 0.3 is 0 Å². The highest BCUT2D eigenvalue weighted by Gasteiger charge is 2.35. The third-order valence-electron chi connectivity index (χ3n) is 3.47.